The molecule has 0 unspecified atom stereocenters. The average Bonchev–Trinajstić information content (AvgIpc) is 2.78. The van der Waals surface area contributed by atoms with Crippen molar-refractivity contribution >= 4 is 11.7 Å². The number of carbonyl (C=O) groups excluding carboxylic acids is 2. The predicted molar refractivity (Wildman–Crippen MR) is 67.8 cm³/mol. The van der Waals surface area contributed by atoms with Crippen molar-refractivity contribution in [1.29, 1.82) is 0 Å². The van der Waals surface area contributed by atoms with Gasteiger partial charge >= 0.3 is 0 Å². The van der Waals surface area contributed by atoms with E-state index in [0.717, 1.165) is 26.2 Å². The van der Waals surface area contributed by atoms with E-state index in [1.807, 2.05) is 6.92 Å². The fourth-order valence-electron chi connectivity index (χ4n) is 2.00. The lowest BCUT2D eigenvalue weighted by atomic mass is 10.0. The van der Waals surface area contributed by atoms with E-state index in [-0.39, 0.29) is 17.6 Å². The summed E-state index contributed by atoms with van der Waals surface area (Å²) in [6.07, 6.45) is 3.68. The van der Waals surface area contributed by atoms with Crippen LogP contribution in [0.5, 0.6) is 0 Å². The number of amides is 1. The Kier molecular flexibility index (Phi) is 6.19. The van der Waals surface area contributed by atoms with E-state index in [4.69, 9.17) is 0 Å². The second-order valence-electron chi connectivity index (χ2n) is 4.95. The van der Waals surface area contributed by atoms with Crippen molar-refractivity contribution in [2.75, 3.05) is 26.2 Å². The molecule has 1 fully saturated rings. The summed E-state index contributed by atoms with van der Waals surface area (Å²) in [4.78, 5) is 24.9. The smallest absolute Gasteiger partial charge is 0.220 e. The molecule has 1 saturated heterocycles. The molecular formula is C13H24N2O2. The Labute approximate surface area is 104 Å². The molecule has 98 valence electrons. The highest BCUT2D eigenvalue weighted by Crippen LogP contribution is 2.07. The molecule has 4 nitrogen and oxygen atoms in total. The standard InChI is InChI=1S/C13H24N2O2/c1-11(12(2)16)5-6-13(17)14-7-10-15-8-3-4-9-15/h11H,3-10H2,1-2H3,(H,14,17)/t11-/m0/s1. The van der Waals surface area contributed by atoms with Crippen molar-refractivity contribution in [3.63, 3.8) is 0 Å². The molecule has 1 aliphatic heterocycles. The number of carbonyl (C=O) groups is 2. The maximum Gasteiger partial charge on any atom is 0.220 e. The molecule has 0 bridgehead atoms. The first kappa shape index (κ1) is 14.2. The van der Waals surface area contributed by atoms with E-state index in [1.165, 1.54) is 12.8 Å². The van der Waals surface area contributed by atoms with Crippen LogP contribution in [0.25, 0.3) is 0 Å². The van der Waals surface area contributed by atoms with Crippen molar-refractivity contribution in [2.45, 2.75) is 39.5 Å². The second-order valence-corrected chi connectivity index (χ2v) is 4.95. The molecule has 0 radical (unpaired) electrons. The van der Waals surface area contributed by atoms with E-state index < -0.39 is 0 Å². The Bertz CT molecular complexity index is 260. The fourth-order valence-corrected chi connectivity index (χ4v) is 2.00. The van der Waals surface area contributed by atoms with Gasteiger partial charge in [-0.2, -0.15) is 0 Å². The Balaban J connectivity index is 2.02. The van der Waals surface area contributed by atoms with Crippen molar-refractivity contribution < 1.29 is 9.59 Å². The SMILES string of the molecule is CC(=O)[C@@H](C)CCC(=O)NCCN1CCCC1. The summed E-state index contributed by atoms with van der Waals surface area (Å²) in [6, 6.07) is 0. The third-order valence-corrected chi connectivity index (χ3v) is 3.45. The van der Waals surface area contributed by atoms with Crippen LogP contribution in [0.1, 0.15) is 39.5 Å². The first-order chi connectivity index (χ1) is 8.09. The molecule has 1 amide bonds. The van der Waals surface area contributed by atoms with Gasteiger partial charge in [-0.25, -0.2) is 0 Å². The van der Waals surface area contributed by atoms with Gasteiger partial charge in [-0.1, -0.05) is 6.92 Å². The number of ketones is 1. The Morgan fingerprint density at radius 3 is 2.53 bits per heavy atom. The third kappa shape index (κ3) is 5.82. The zero-order valence-electron chi connectivity index (χ0n) is 11.0. The maximum absolute atomic E-state index is 11.5. The molecular weight excluding hydrogens is 216 g/mol. The molecule has 4 heteroatoms. The molecule has 1 aliphatic rings. The fraction of sp³-hybridized carbons (Fsp3) is 0.846. The molecule has 0 aromatic heterocycles. The number of likely N-dealkylation sites (tertiary alicyclic amines) is 1. The lowest BCUT2D eigenvalue weighted by Crippen LogP contribution is -2.33. The van der Waals surface area contributed by atoms with Crippen molar-refractivity contribution in [3.05, 3.63) is 0 Å². The molecule has 0 aromatic carbocycles. The Morgan fingerprint density at radius 1 is 1.29 bits per heavy atom. The molecule has 1 heterocycles. The molecule has 0 aliphatic carbocycles. The van der Waals surface area contributed by atoms with Gasteiger partial charge in [0.2, 0.25) is 5.91 Å². The van der Waals surface area contributed by atoms with E-state index in [2.05, 4.69) is 10.2 Å². The third-order valence-electron chi connectivity index (χ3n) is 3.45. The summed E-state index contributed by atoms with van der Waals surface area (Å²) in [6.45, 7) is 7.46. The van der Waals surface area contributed by atoms with Gasteiger partial charge in [0.1, 0.15) is 5.78 Å². The summed E-state index contributed by atoms with van der Waals surface area (Å²) in [7, 11) is 0. The van der Waals surface area contributed by atoms with Crippen LogP contribution in [0, 0.1) is 5.92 Å². The molecule has 1 atom stereocenters. The van der Waals surface area contributed by atoms with Crippen molar-refractivity contribution in [3.8, 4) is 0 Å². The van der Waals surface area contributed by atoms with Crippen LogP contribution in [0.3, 0.4) is 0 Å². The van der Waals surface area contributed by atoms with Gasteiger partial charge in [-0.3, -0.25) is 9.59 Å². The van der Waals surface area contributed by atoms with Gasteiger partial charge < -0.3 is 10.2 Å². The molecule has 1 N–H and O–H groups in total. The van der Waals surface area contributed by atoms with E-state index >= 15 is 0 Å². The van der Waals surface area contributed by atoms with Crippen LogP contribution >= 0.6 is 0 Å². The van der Waals surface area contributed by atoms with Crippen LogP contribution in [0.4, 0.5) is 0 Å². The molecule has 17 heavy (non-hydrogen) atoms. The van der Waals surface area contributed by atoms with E-state index in [9.17, 15) is 9.59 Å². The number of hydrogen-bond donors (Lipinski definition) is 1. The van der Waals surface area contributed by atoms with Crippen molar-refractivity contribution in [2.24, 2.45) is 5.92 Å². The quantitative estimate of drug-likeness (QED) is 0.727. The molecule has 0 spiro atoms. The summed E-state index contributed by atoms with van der Waals surface area (Å²) >= 11 is 0. The van der Waals surface area contributed by atoms with E-state index in [1.54, 1.807) is 6.92 Å². The lowest BCUT2D eigenvalue weighted by molar-refractivity contribution is -0.122. The number of nitrogens with one attached hydrogen (secondary N) is 1. The topological polar surface area (TPSA) is 49.4 Å². The van der Waals surface area contributed by atoms with Gasteiger partial charge in [-0.05, 0) is 39.3 Å². The van der Waals surface area contributed by atoms with Gasteiger partial charge in [-0.15, -0.1) is 0 Å². The highest BCUT2D eigenvalue weighted by molar-refractivity contribution is 5.80. The minimum Gasteiger partial charge on any atom is -0.355 e. The zero-order valence-corrected chi connectivity index (χ0v) is 11.0. The zero-order chi connectivity index (χ0) is 12.7. The second kappa shape index (κ2) is 7.43. The lowest BCUT2D eigenvalue weighted by Gasteiger charge is -2.15. The predicted octanol–water partition coefficient (Wildman–Crippen LogP) is 1.20. The molecule has 1 rings (SSSR count). The summed E-state index contributed by atoms with van der Waals surface area (Å²) in [5, 5.41) is 2.91. The summed E-state index contributed by atoms with van der Waals surface area (Å²) < 4.78 is 0. The number of hydrogen-bond acceptors (Lipinski definition) is 3. The normalized spacial score (nSPS) is 18.0. The highest BCUT2D eigenvalue weighted by atomic mass is 16.1. The van der Waals surface area contributed by atoms with Gasteiger partial charge in [0.15, 0.2) is 0 Å². The van der Waals surface area contributed by atoms with Crippen LogP contribution in [0.15, 0.2) is 0 Å². The summed E-state index contributed by atoms with van der Waals surface area (Å²) in [5.41, 5.74) is 0. The number of Topliss-reactive ketones (excluding diaryl/α,β-unsaturated/α-hetero) is 1. The van der Waals surface area contributed by atoms with Crippen LogP contribution in [-0.2, 0) is 9.59 Å². The minimum absolute atomic E-state index is 0.000618. The molecule has 0 saturated carbocycles. The maximum atomic E-state index is 11.5. The minimum atomic E-state index is -0.000618. The monoisotopic (exact) mass is 240 g/mol. The van der Waals surface area contributed by atoms with Crippen LogP contribution in [0.2, 0.25) is 0 Å². The van der Waals surface area contributed by atoms with Gasteiger partial charge in [0.05, 0.1) is 0 Å². The number of rotatable bonds is 7. The number of nitrogens with zero attached hydrogens (tertiary/aromatic N) is 1. The average molecular weight is 240 g/mol. The Hall–Kier alpha value is -0.900. The van der Waals surface area contributed by atoms with Crippen LogP contribution < -0.4 is 5.32 Å². The highest BCUT2D eigenvalue weighted by Gasteiger charge is 2.12. The van der Waals surface area contributed by atoms with Gasteiger partial charge in [0, 0.05) is 25.4 Å². The molecule has 0 aromatic rings. The van der Waals surface area contributed by atoms with Crippen LogP contribution in [-0.4, -0.2) is 42.8 Å². The summed E-state index contributed by atoms with van der Waals surface area (Å²) in [5.74, 6) is 0.228. The Morgan fingerprint density at radius 2 is 1.94 bits per heavy atom. The largest absolute Gasteiger partial charge is 0.355 e. The van der Waals surface area contributed by atoms with Crippen molar-refractivity contribution in [1.82, 2.24) is 10.2 Å². The first-order valence-corrected chi connectivity index (χ1v) is 6.59. The van der Waals surface area contributed by atoms with E-state index in [0.29, 0.717) is 12.8 Å². The first-order valence-electron chi connectivity index (χ1n) is 6.59. The van der Waals surface area contributed by atoms with Gasteiger partial charge in [0.25, 0.3) is 0 Å².